The Hall–Kier alpha value is -0.830. The average molecular weight is 350 g/mol. The van der Waals surface area contributed by atoms with E-state index in [-0.39, 0.29) is 5.41 Å². The Labute approximate surface area is 124 Å². The minimum Gasteiger partial charge on any atom is -0.0911 e. The predicted octanol–water partition coefficient (Wildman–Crippen LogP) is 5.49. The normalized spacial score (nSPS) is 23.1. The van der Waals surface area contributed by atoms with E-state index in [1.165, 1.54) is 20.3 Å². The number of fused-ring (bicyclic) bond motifs is 1. The highest BCUT2D eigenvalue weighted by Gasteiger charge is 2.24. The second-order valence-electron chi connectivity index (χ2n) is 5.58. The van der Waals surface area contributed by atoms with Gasteiger partial charge in [-0.05, 0) is 70.2 Å². The summed E-state index contributed by atoms with van der Waals surface area (Å²) in [5.74, 6) is 0. The molecule has 0 saturated carbocycles. The van der Waals surface area contributed by atoms with Crippen LogP contribution in [0.25, 0.3) is 5.57 Å². The highest BCUT2D eigenvalue weighted by atomic mass is 127. The molecule has 0 nitrogen and oxygen atoms in total. The van der Waals surface area contributed by atoms with E-state index in [2.05, 4.69) is 86.4 Å². The molecule has 0 unspecified atom stereocenters. The minimum absolute atomic E-state index is 0.146. The highest BCUT2D eigenvalue weighted by molar-refractivity contribution is 14.1. The summed E-state index contributed by atoms with van der Waals surface area (Å²) in [5, 5.41) is 0. The number of rotatable bonds is 0. The van der Waals surface area contributed by atoms with Crippen LogP contribution in [-0.2, 0) is 5.41 Å². The molecule has 0 spiro atoms. The van der Waals surface area contributed by atoms with Gasteiger partial charge in [0.05, 0.1) is 0 Å². The molecular formula is C17H19I. The molecule has 0 aromatic heterocycles. The summed E-state index contributed by atoms with van der Waals surface area (Å²) in [6, 6.07) is 6.66. The van der Waals surface area contributed by atoms with Crippen LogP contribution in [-0.4, -0.2) is 0 Å². The van der Waals surface area contributed by atoms with Crippen LogP contribution < -0.4 is 0 Å². The first-order valence-electron chi connectivity index (χ1n) is 6.24. The predicted molar refractivity (Wildman–Crippen MR) is 88.7 cm³/mol. The van der Waals surface area contributed by atoms with E-state index in [1.807, 2.05) is 0 Å². The van der Waals surface area contributed by atoms with Crippen LogP contribution in [0.2, 0.25) is 0 Å². The Balaban J connectivity index is 2.65. The lowest BCUT2D eigenvalue weighted by Gasteiger charge is -2.27. The van der Waals surface area contributed by atoms with Crippen molar-refractivity contribution in [2.24, 2.45) is 0 Å². The fraction of sp³-hybridized carbons (Fsp3) is 0.294. The maximum Gasteiger partial charge on any atom is 0.0133 e. The fourth-order valence-electron chi connectivity index (χ4n) is 2.27. The quantitative estimate of drug-likeness (QED) is 0.543. The molecule has 0 amide bonds. The van der Waals surface area contributed by atoms with E-state index in [9.17, 15) is 0 Å². The Bertz CT molecular complexity index is 545. The zero-order valence-corrected chi connectivity index (χ0v) is 13.4. The molecule has 0 heterocycles. The average Bonchev–Trinajstić information content (AvgIpc) is 2.36. The number of allylic oxidation sites excluding steroid dienone is 5. The van der Waals surface area contributed by atoms with Gasteiger partial charge in [-0.2, -0.15) is 0 Å². The Kier molecular flexibility index (Phi) is 3.81. The van der Waals surface area contributed by atoms with Gasteiger partial charge in [-0.15, -0.1) is 0 Å². The molecule has 0 fully saturated rings. The van der Waals surface area contributed by atoms with Crippen molar-refractivity contribution in [3.63, 3.8) is 0 Å². The largest absolute Gasteiger partial charge is 0.0911 e. The first-order valence-corrected chi connectivity index (χ1v) is 7.32. The SMILES string of the molecule is C=C1/C=C\C(C)=C/CC(C)(C)c2cc(I)ccc21. The molecule has 1 aliphatic carbocycles. The van der Waals surface area contributed by atoms with Crippen molar-refractivity contribution < 1.29 is 0 Å². The lowest BCUT2D eigenvalue weighted by atomic mass is 9.78. The van der Waals surface area contributed by atoms with E-state index in [0.717, 1.165) is 12.0 Å². The third kappa shape index (κ3) is 2.77. The molecule has 94 valence electrons. The van der Waals surface area contributed by atoms with Crippen molar-refractivity contribution in [2.45, 2.75) is 32.6 Å². The summed E-state index contributed by atoms with van der Waals surface area (Å²) in [4.78, 5) is 0. The first kappa shape index (κ1) is 13.6. The zero-order valence-electron chi connectivity index (χ0n) is 11.3. The second kappa shape index (κ2) is 5.04. The molecule has 0 atom stereocenters. The van der Waals surface area contributed by atoms with E-state index >= 15 is 0 Å². The van der Waals surface area contributed by atoms with Gasteiger partial charge in [-0.1, -0.05) is 50.3 Å². The van der Waals surface area contributed by atoms with Crippen LogP contribution in [0.5, 0.6) is 0 Å². The number of hydrogen-bond acceptors (Lipinski definition) is 0. The van der Waals surface area contributed by atoms with Crippen LogP contribution in [0.15, 0.2) is 48.6 Å². The monoisotopic (exact) mass is 350 g/mol. The third-order valence-electron chi connectivity index (χ3n) is 3.54. The molecule has 0 saturated heterocycles. The number of benzene rings is 1. The van der Waals surface area contributed by atoms with Crippen molar-refractivity contribution in [3.8, 4) is 0 Å². The molecule has 1 aromatic carbocycles. The number of hydrogen-bond donors (Lipinski definition) is 0. The molecule has 1 aromatic rings. The van der Waals surface area contributed by atoms with Gasteiger partial charge in [0.25, 0.3) is 0 Å². The lowest BCUT2D eigenvalue weighted by Crippen LogP contribution is -2.18. The molecule has 1 heteroatoms. The Morgan fingerprint density at radius 2 is 1.94 bits per heavy atom. The smallest absolute Gasteiger partial charge is 0.0133 e. The van der Waals surface area contributed by atoms with Gasteiger partial charge in [-0.25, -0.2) is 0 Å². The van der Waals surface area contributed by atoms with Crippen LogP contribution in [0.1, 0.15) is 38.3 Å². The van der Waals surface area contributed by atoms with E-state index < -0.39 is 0 Å². The van der Waals surface area contributed by atoms with Gasteiger partial charge in [-0.3, -0.25) is 0 Å². The Morgan fingerprint density at radius 3 is 2.67 bits per heavy atom. The summed E-state index contributed by atoms with van der Waals surface area (Å²) in [6.07, 6.45) is 7.66. The summed E-state index contributed by atoms with van der Waals surface area (Å²) in [6.45, 7) is 11.0. The molecular weight excluding hydrogens is 331 g/mol. The lowest BCUT2D eigenvalue weighted by molar-refractivity contribution is 0.531. The molecule has 0 radical (unpaired) electrons. The maximum absolute atomic E-state index is 4.21. The molecule has 0 N–H and O–H groups in total. The van der Waals surface area contributed by atoms with Gasteiger partial charge < -0.3 is 0 Å². The van der Waals surface area contributed by atoms with Gasteiger partial charge in [0.15, 0.2) is 0 Å². The summed E-state index contributed by atoms with van der Waals surface area (Å²) >= 11 is 2.38. The molecule has 18 heavy (non-hydrogen) atoms. The molecule has 1 aliphatic rings. The standard InChI is InChI=1S/C17H19I/c1-12-5-6-13(2)15-8-7-14(18)11-16(15)17(3,4)10-9-12/h5-9,11H,2,10H2,1,3-4H3/b6-5-,12-9-. The van der Waals surface area contributed by atoms with E-state index in [4.69, 9.17) is 0 Å². The molecule has 2 rings (SSSR count). The van der Waals surface area contributed by atoms with Crippen LogP contribution in [0, 0.1) is 3.57 Å². The van der Waals surface area contributed by atoms with Gasteiger partial charge in [0.2, 0.25) is 0 Å². The second-order valence-corrected chi connectivity index (χ2v) is 6.83. The highest BCUT2D eigenvalue weighted by Crippen LogP contribution is 2.36. The fourth-order valence-corrected chi connectivity index (χ4v) is 2.76. The molecule has 0 bridgehead atoms. The number of halogens is 1. The summed E-state index contributed by atoms with van der Waals surface area (Å²) < 4.78 is 1.29. The van der Waals surface area contributed by atoms with Gasteiger partial charge >= 0.3 is 0 Å². The van der Waals surface area contributed by atoms with Crippen LogP contribution in [0.4, 0.5) is 0 Å². The van der Waals surface area contributed by atoms with Crippen molar-refractivity contribution in [1.29, 1.82) is 0 Å². The van der Waals surface area contributed by atoms with Crippen molar-refractivity contribution >= 4 is 28.2 Å². The third-order valence-corrected chi connectivity index (χ3v) is 4.21. The first-order chi connectivity index (χ1) is 8.40. The van der Waals surface area contributed by atoms with Gasteiger partial charge in [0.1, 0.15) is 0 Å². The van der Waals surface area contributed by atoms with Gasteiger partial charge in [0, 0.05) is 3.57 Å². The van der Waals surface area contributed by atoms with Crippen molar-refractivity contribution in [3.05, 3.63) is 63.3 Å². The Morgan fingerprint density at radius 1 is 1.22 bits per heavy atom. The topological polar surface area (TPSA) is 0 Å². The summed E-state index contributed by atoms with van der Waals surface area (Å²) in [5.41, 5.74) is 5.23. The molecule has 0 aliphatic heterocycles. The zero-order chi connectivity index (χ0) is 13.3. The van der Waals surface area contributed by atoms with E-state index in [0.29, 0.717) is 0 Å². The maximum atomic E-state index is 4.21. The minimum atomic E-state index is 0.146. The van der Waals surface area contributed by atoms with Crippen molar-refractivity contribution in [1.82, 2.24) is 0 Å². The van der Waals surface area contributed by atoms with E-state index in [1.54, 1.807) is 0 Å². The van der Waals surface area contributed by atoms with Crippen LogP contribution in [0.3, 0.4) is 0 Å². The summed E-state index contributed by atoms with van der Waals surface area (Å²) in [7, 11) is 0. The van der Waals surface area contributed by atoms with Crippen LogP contribution >= 0.6 is 22.6 Å². The van der Waals surface area contributed by atoms with Crippen molar-refractivity contribution in [2.75, 3.05) is 0 Å².